The molecule has 8 nitrogen and oxygen atoms in total. The molecule has 186 valence electrons. The number of halogens is 3. The Balaban J connectivity index is 2.30. The van der Waals surface area contributed by atoms with Crippen molar-refractivity contribution in [3.8, 4) is 17.2 Å². The number of hydrogen-bond acceptors (Lipinski definition) is 6. The maximum Gasteiger partial charge on any atom is 0.478 e. The van der Waals surface area contributed by atoms with E-state index in [-0.39, 0.29) is 25.1 Å². The fourth-order valence-corrected chi connectivity index (χ4v) is 3.22. The van der Waals surface area contributed by atoms with E-state index >= 15 is 0 Å². The van der Waals surface area contributed by atoms with Crippen LogP contribution in [0.4, 0.5) is 13.2 Å². The molecule has 0 heterocycles. The van der Waals surface area contributed by atoms with Crippen molar-refractivity contribution in [1.29, 1.82) is 0 Å². The highest BCUT2D eigenvalue weighted by Crippen LogP contribution is 2.29. The monoisotopic (exact) mass is 485 g/mol. The van der Waals surface area contributed by atoms with Crippen LogP contribution in [0.1, 0.15) is 22.8 Å². The molecule has 0 aliphatic rings. The first-order valence-corrected chi connectivity index (χ1v) is 10.4. The molecule has 34 heavy (non-hydrogen) atoms. The van der Waals surface area contributed by atoms with Gasteiger partial charge in [0.25, 0.3) is 5.91 Å². The normalized spacial score (nSPS) is 12.9. The van der Waals surface area contributed by atoms with Crippen LogP contribution in [0, 0.1) is 0 Å². The number of carbonyl (C=O) groups is 2. The van der Waals surface area contributed by atoms with E-state index in [2.05, 4.69) is 0 Å². The van der Waals surface area contributed by atoms with Crippen LogP contribution in [0.25, 0.3) is 0 Å². The summed E-state index contributed by atoms with van der Waals surface area (Å²) in [6, 6.07) is 10.4. The third-order valence-corrected chi connectivity index (χ3v) is 5.04. The van der Waals surface area contributed by atoms with Gasteiger partial charge >= 0.3 is 17.8 Å². The molecule has 0 bridgehead atoms. The number of benzene rings is 2. The predicted molar refractivity (Wildman–Crippen MR) is 116 cm³/mol. The number of carbonyl (C=O) groups excluding carboxylic acids is 2. The quantitative estimate of drug-likeness (QED) is 0.374. The van der Waals surface area contributed by atoms with Gasteiger partial charge in [0.2, 0.25) is 0 Å². The zero-order chi connectivity index (χ0) is 25.4. The Morgan fingerprint density at radius 3 is 2.12 bits per heavy atom. The summed E-state index contributed by atoms with van der Waals surface area (Å²) in [7, 11) is 4.32. The second kappa shape index (κ2) is 11.6. The summed E-state index contributed by atoms with van der Waals surface area (Å²) in [4.78, 5) is 25.3. The number of rotatable bonds is 11. The summed E-state index contributed by atoms with van der Waals surface area (Å²) < 4.78 is 62.9. The van der Waals surface area contributed by atoms with E-state index in [1.165, 1.54) is 52.5 Å². The lowest BCUT2D eigenvalue weighted by Gasteiger charge is -2.31. The van der Waals surface area contributed by atoms with Gasteiger partial charge < -0.3 is 24.3 Å². The van der Waals surface area contributed by atoms with Crippen LogP contribution in [-0.4, -0.2) is 58.2 Å². The Labute approximate surface area is 195 Å². The molecule has 3 N–H and O–H groups in total. The average Bonchev–Trinajstić information content (AvgIpc) is 2.82. The van der Waals surface area contributed by atoms with Crippen molar-refractivity contribution in [2.75, 3.05) is 34.5 Å². The van der Waals surface area contributed by atoms with Crippen molar-refractivity contribution >= 4 is 11.9 Å². The Kier molecular flexibility index (Phi) is 9.13. The lowest BCUT2D eigenvalue weighted by molar-refractivity contribution is -0.743. The SMILES string of the molecule is CCOC(=O)[C@](NC(=O)c1ccc(OC)cc1)([NH2+]CCc1ccc(OC)c(OC)c1)C(F)(F)F. The van der Waals surface area contributed by atoms with Crippen LogP contribution >= 0.6 is 0 Å². The van der Waals surface area contributed by atoms with E-state index in [9.17, 15) is 22.8 Å². The number of methoxy groups -OCH3 is 3. The van der Waals surface area contributed by atoms with Gasteiger partial charge in [-0.2, -0.15) is 13.2 Å². The van der Waals surface area contributed by atoms with Crippen LogP contribution in [0.2, 0.25) is 0 Å². The van der Waals surface area contributed by atoms with E-state index < -0.39 is 23.7 Å². The maximum atomic E-state index is 14.3. The highest BCUT2D eigenvalue weighted by Gasteiger charge is 2.67. The molecule has 0 saturated carbocycles. The van der Waals surface area contributed by atoms with Gasteiger partial charge in [-0.05, 0) is 48.9 Å². The first kappa shape index (κ1) is 26.8. The summed E-state index contributed by atoms with van der Waals surface area (Å²) in [5, 5.41) is 2.58. The summed E-state index contributed by atoms with van der Waals surface area (Å²) in [6.45, 7) is 0.892. The van der Waals surface area contributed by atoms with Gasteiger partial charge in [0.1, 0.15) is 5.75 Å². The zero-order valence-electron chi connectivity index (χ0n) is 19.3. The molecule has 2 aromatic carbocycles. The molecule has 2 rings (SSSR count). The van der Waals surface area contributed by atoms with Gasteiger partial charge in [0, 0.05) is 12.0 Å². The van der Waals surface area contributed by atoms with Crippen LogP contribution in [0.3, 0.4) is 0 Å². The van der Waals surface area contributed by atoms with E-state index in [0.717, 1.165) is 5.32 Å². The standard InChI is InChI=1S/C23H27F3N2O6/c1-5-34-21(30)22(23(24,25)26,28-20(29)16-7-9-17(31-2)10-8-16)27-13-12-15-6-11-18(32-3)19(14-15)33-4/h6-11,14,27H,5,12-13H2,1-4H3,(H,28,29)/p+1/t22-/m1/s1. The smallest absolute Gasteiger partial charge is 0.478 e. The van der Waals surface area contributed by atoms with Crippen LogP contribution in [0.5, 0.6) is 17.2 Å². The average molecular weight is 485 g/mol. The van der Waals surface area contributed by atoms with E-state index in [1.54, 1.807) is 18.2 Å². The molecule has 0 aromatic heterocycles. The summed E-state index contributed by atoms with van der Waals surface area (Å²) in [5.74, 6) is -1.39. The lowest BCUT2D eigenvalue weighted by Crippen LogP contribution is -3.07. The van der Waals surface area contributed by atoms with Crippen molar-refractivity contribution < 1.29 is 47.0 Å². The van der Waals surface area contributed by atoms with E-state index in [4.69, 9.17) is 18.9 Å². The van der Waals surface area contributed by atoms with Crippen LogP contribution < -0.4 is 24.8 Å². The number of nitrogens with two attached hydrogens (primary N) is 1. The second-order valence-electron chi connectivity index (χ2n) is 7.14. The number of alkyl halides is 3. The van der Waals surface area contributed by atoms with Gasteiger partial charge in [-0.25, -0.2) is 4.79 Å². The molecule has 0 aliphatic heterocycles. The van der Waals surface area contributed by atoms with Crippen molar-refractivity contribution in [3.05, 3.63) is 53.6 Å². The summed E-state index contributed by atoms with van der Waals surface area (Å²) in [6.07, 6.45) is -5.02. The first-order chi connectivity index (χ1) is 16.1. The lowest BCUT2D eigenvalue weighted by atomic mass is 10.1. The Morgan fingerprint density at radius 2 is 1.59 bits per heavy atom. The molecule has 0 spiro atoms. The second-order valence-corrected chi connectivity index (χ2v) is 7.14. The molecule has 0 fully saturated rings. The van der Waals surface area contributed by atoms with E-state index in [1.807, 2.05) is 5.32 Å². The minimum Gasteiger partial charge on any atom is -0.497 e. The number of ether oxygens (including phenoxy) is 4. The zero-order valence-corrected chi connectivity index (χ0v) is 19.3. The largest absolute Gasteiger partial charge is 0.497 e. The molecular formula is C23H28F3N2O6+. The number of hydrogen-bond donors (Lipinski definition) is 2. The fourth-order valence-electron chi connectivity index (χ4n) is 3.22. The summed E-state index contributed by atoms with van der Waals surface area (Å²) in [5.41, 5.74) is -2.77. The molecule has 2 aromatic rings. The number of amides is 1. The third-order valence-electron chi connectivity index (χ3n) is 5.04. The first-order valence-electron chi connectivity index (χ1n) is 10.4. The van der Waals surface area contributed by atoms with E-state index in [0.29, 0.717) is 22.8 Å². The van der Waals surface area contributed by atoms with Gasteiger partial charge in [0.05, 0.1) is 34.5 Å². The maximum absolute atomic E-state index is 14.3. The number of nitrogens with one attached hydrogen (secondary N) is 1. The Morgan fingerprint density at radius 1 is 0.941 bits per heavy atom. The molecule has 11 heteroatoms. The van der Waals surface area contributed by atoms with Gasteiger partial charge in [-0.3, -0.25) is 10.1 Å². The Bertz CT molecular complexity index is 982. The molecule has 1 atom stereocenters. The van der Waals surface area contributed by atoms with Crippen molar-refractivity contribution in [2.24, 2.45) is 0 Å². The summed E-state index contributed by atoms with van der Waals surface area (Å²) >= 11 is 0. The Hall–Kier alpha value is -3.47. The topological polar surface area (TPSA) is 99.7 Å². The fraction of sp³-hybridized carbons (Fsp3) is 0.391. The predicted octanol–water partition coefficient (Wildman–Crippen LogP) is 2.07. The molecule has 0 radical (unpaired) electrons. The molecule has 1 amide bonds. The van der Waals surface area contributed by atoms with Crippen molar-refractivity contribution in [2.45, 2.75) is 25.2 Å². The number of quaternary nitrogens is 1. The molecule has 0 aliphatic carbocycles. The van der Waals surface area contributed by atoms with Crippen molar-refractivity contribution in [3.63, 3.8) is 0 Å². The van der Waals surface area contributed by atoms with Gasteiger partial charge in [0.15, 0.2) is 11.5 Å². The van der Waals surface area contributed by atoms with Crippen molar-refractivity contribution in [1.82, 2.24) is 5.32 Å². The minimum atomic E-state index is -5.15. The van der Waals surface area contributed by atoms with Gasteiger partial charge in [-0.15, -0.1) is 0 Å². The van der Waals surface area contributed by atoms with Crippen LogP contribution in [0.15, 0.2) is 42.5 Å². The molecular weight excluding hydrogens is 457 g/mol. The minimum absolute atomic E-state index is 0.0768. The number of esters is 1. The van der Waals surface area contributed by atoms with Crippen LogP contribution in [-0.2, 0) is 16.0 Å². The highest BCUT2D eigenvalue weighted by molar-refractivity contribution is 5.97. The molecule has 0 unspecified atom stereocenters. The molecule has 0 saturated heterocycles. The van der Waals surface area contributed by atoms with Gasteiger partial charge in [-0.1, -0.05) is 6.07 Å². The highest BCUT2D eigenvalue weighted by atomic mass is 19.4. The third kappa shape index (κ3) is 6.10.